The van der Waals surface area contributed by atoms with Gasteiger partial charge in [-0.05, 0) is 37.5 Å². The van der Waals surface area contributed by atoms with Crippen LogP contribution in [0.4, 0.5) is 5.69 Å². The number of rotatable bonds is 1. The molecule has 1 aromatic carbocycles. The lowest BCUT2D eigenvalue weighted by Crippen LogP contribution is -1.92. The molecular formula is C9H12N. The van der Waals surface area contributed by atoms with Gasteiger partial charge in [0.2, 0.25) is 0 Å². The standard InChI is InChI=1S/C9H12N/c1-3-8-5-4-7(2)6-9(8)10/h4-6H,1,3,10H2,2H3. The van der Waals surface area contributed by atoms with Crippen LogP contribution in [0.15, 0.2) is 18.2 Å². The van der Waals surface area contributed by atoms with Gasteiger partial charge in [-0.15, -0.1) is 0 Å². The highest BCUT2D eigenvalue weighted by Crippen LogP contribution is 2.13. The van der Waals surface area contributed by atoms with Gasteiger partial charge in [-0.3, -0.25) is 0 Å². The lowest BCUT2D eigenvalue weighted by atomic mass is 10.1. The Balaban J connectivity index is 3.07. The van der Waals surface area contributed by atoms with E-state index in [1.165, 1.54) is 5.56 Å². The SMILES string of the molecule is [CH2]Cc1ccc(C)cc1N. The predicted molar refractivity (Wildman–Crippen MR) is 44.7 cm³/mol. The van der Waals surface area contributed by atoms with Crippen molar-refractivity contribution in [3.05, 3.63) is 36.2 Å². The molecule has 1 radical (unpaired) electrons. The molecule has 0 bridgehead atoms. The zero-order valence-electron chi connectivity index (χ0n) is 6.22. The number of aryl methyl sites for hydroxylation is 1. The van der Waals surface area contributed by atoms with Crippen molar-refractivity contribution in [2.75, 3.05) is 5.73 Å². The summed E-state index contributed by atoms with van der Waals surface area (Å²) in [6, 6.07) is 6.05. The first-order chi connectivity index (χ1) is 4.74. The highest BCUT2D eigenvalue weighted by molar-refractivity contribution is 5.49. The van der Waals surface area contributed by atoms with E-state index in [2.05, 4.69) is 13.0 Å². The minimum absolute atomic E-state index is 0.770. The zero-order valence-corrected chi connectivity index (χ0v) is 6.22. The Morgan fingerprint density at radius 2 is 2.20 bits per heavy atom. The monoisotopic (exact) mass is 134 g/mol. The molecule has 0 saturated carbocycles. The third-order valence-electron chi connectivity index (χ3n) is 1.57. The predicted octanol–water partition coefficient (Wildman–Crippen LogP) is 1.95. The van der Waals surface area contributed by atoms with E-state index in [1.807, 2.05) is 19.1 Å². The van der Waals surface area contributed by atoms with Crippen molar-refractivity contribution >= 4 is 5.69 Å². The summed E-state index contributed by atoms with van der Waals surface area (Å²) in [6.07, 6.45) is 0.770. The van der Waals surface area contributed by atoms with Gasteiger partial charge in [0.15, 0.2) is 0 Å². The average molecular weight is 134 g/mol. The van der Waals surface area contributed by atoms with Crippen molar-refractivity contribution in [2.24, 2.45) is 0 Å². The summed E-state index contributed by atoms with van der Waals surface area (Å²) in [4.78, 5) is 0. The lowest BCUT2D eigenvalue weighted by Gasteiger charge is -2.01. The van der Waals surface area contributed by atoms with Crippen LogP contribution >= 0.6 is 0 Å². The van der Waals surface area contributed by atoms with Gasteiger partial charge in [-0.25, -0.2) is 0 Å². The van der Waals surface area contributed by atoms with E-state index in [0.717, 1.165) is 17.7 Å². The molecule has 0 unspecified atom stereocenters. The molecule has 0 heterocycles. The Bertz CT molecular complexity index is 228. The van der Waals surface area contributed by atoms with Crippen LogP contribution in [-0.2, 0) is 6.42 Å². The maximum Gasteiger partial charge on any atom is 0.0349 e. The van der Waals surface area contributed by atoms with E-state index in [0.29, 0.717) is 0 Å². The Hall–Kier alpha value is -0.980. The topological polar surface area (TPSA) is 26.0 Å². The Kier molecular flexibility index (Phi) is 1.95. The van der Waals surface area contributed by atoms with Crippen LogP contribution < -0.4 is 5.73 Å². The molecule has 2 N–H and O–H groups in total. The van der Waals surface area contributed by atoms with Crippen molar-refractivity contribution in [2.45, 2.75) is 13.3 Å². The molecule has 1 nitrogen and oxygen atoms in total. The summed E-state index contributed by atoms with van der Waals surface area (Å²) in [6.45, 7) is 5.80. The van der Waals surface area contributed by atoms with Gasteiger partial charge in [0.25, 0.3) is 0 Å². The maximum atomic E-state index is 5.69. The quantitative estimate of drug-likeness (QED) is 0.584. The molecule has 0 atom stereocenters. The number of hydrogen-bond donors (Lipinski definition) is 1. The highest BCUT2D eigenvalue weighted by atomic mass is 14.6. The Morgan fingerprint density at radius 1 is 1.50 bits per heavy atom. The van der Waals surface area contributed by atoms with Crippen LogP contribution in [0.3, 0.4) is 0 Å². The van der Waals surface area contributed by atoms with Gasteiger partial charge < -0.3 is 5.73 Å². The van der Waals surface area contributed by atoms with Gasteiger partial charge in [0, 0.05) is 5.69 Å². The van der Waals surface area contributed by atoms with Crippen molar-refractivity contribution in [1.82, 2.24) is 0 Å². The fraction of sp³-hybridized carbons (Fsp3) is 0.222. The van der Waals surface area contributed by atoms with Gasteiger partial charge in [0.1, 0.15) is 0 Å². The minimum atomic E-state index is 0.770. The average Bonchev–Trinajstić information content (AvgIpc) is 1.88. The van der Waals surface area contributed by atoms with Crippen molar-refractivity contribution in [3.63, 3.8) is 0 Å². The first-order valence-electron chi connectivity index (χ1n) is 3.38. The molecule has 0 aromatic heterocycles. The summed E-state index contributed by atoms with van der Waals surface area (Å²) >= 11 is 0. The van der Waals surface area contributed by atoms with E-state index in [9.17, 15) is 0 Å². The molecule has 0 fully saturated rings. The van der Waals surface area contributed by atoms with Crippen molar-refractivity contribution in [3.8, 4) is 0 Å². The molecule has 1 rings (SSSR count). The first-order valence-corrected chi connectivity index (χ1v) is 3.38. The third kappa shape index (κ3) is 1.29. The molecule has 0 aliphatic rings. The fourth-order valence-electron chi connectivity index (χ4n) is 0.942. The largest absolute Gasteiger partial charge is 0.398 e. The molecule has 1 aromatic rings. The molecular weight excluding hydrogens is 122 g/mol. The second kappa shape index (κ2) is 2.74. The molecule has 1 heteroatoms. The highest BCUT2D eigenvalue weighted by Gasteiger charge is 1.94. The van der Waals surface area contributed by atoms with E-state index < -0.39 is 0 Å². The minimum Gasteiger partial charge on any atom is -0.398 e. The normalized spacial score (nSPS) is 9.80. The van der Waals surface area contributed by atoms with Gasteiger partial charge >= 0.3 is 0 Å². The second-order valence-corrected chi connectivity index (χ2v) is 2.45. The molecule has 0 amide bonds. The molecule has 53 valence electrons. The lowest BCUT2D eigenvalue weighted by molar-refractivity contribution is 1.26. The molecule has 0 aliphatic carbocycles. The van der Waals surface area contributed by atoms with Crippen LogP contribution in [0, 0.1) is 13.8 Å². The molecule has 0 spiro atoms. The molecule has 0 saturated heterocycles. The molecule has 0 aliphatic heterocycles. The second-order valence-electron chi connectivity index (χ2n) is 2.45. The van der Waals surface area contributed by atoms with Gasteiger partial charge in [-0.1, -0.05) is 12.1 Å². The van der Waals surface area contributed by atoms with Crippen molar-refractivity contribution < 1.29 is 0 Å². The van der Waals surface area contributed by atoms with Crippen LogP contribution in [0.2, 0.25) is 0 Å². The summed E-state index contributed by atoms with van der Waals surface area (Å²) < 4.78 is 0. The Labute approximate surface area is 61.9 Å². The van der Waals surface area contributed by atoms with E-state index in [4.69, 9.17) is 5.73 Å². The van der Waals surface area contributed by atoms with Gasteiger partial charge in [0.05, 0.1) is 0 Å². The summed E-state index contributed by atoms with van der Waals surface area (Å²) in [5.74, 6) is 0. The van der Waals surface area contributed by atoms with Crippen LogP contribution in [-0.4, -0.2) is 0 Å². The number of benzene rings is 1. The van der Waals surface area contributed by atoms with E-state index in [1.54, 1.807) is 0 Å². The number of nitrogen functional groups attached to an aromatic ring is 1. The zero-order chi connectivity index (χ0) is 7.56. The Morgan fingerprint density at radius 3 is 2.70 bits per heavy atom. The maximum absolute atomic E-state index is 5.69. The number of anilines is 1. The van der Waals surface area contributed by atoms with Crippen LogP contribution in [0.1, 0.15) is 11.1 Å². The van der Waals surface area contributed by atoms with Crippen LogP contribution in [0.25, 0.3) is 0 Å². The fourth-order valence-corrected chi connectivity index (χ4v) is 0.942. The number of hydrogen-bond acceptors (Lipinski definition) is 1. The van der Waals surface area contributed by atoms with E-state index in [-0.39, 0.29) is 0 Å². The summed E-state index contributed by atoms with van der Waals surface area (Å²) in [7, 11) is 0. The van der Waals surface area contributed by atoms with Gasteiger partial charge in [-0.2, -0.15) is 0 Å². The summed E-state index contributed by atoms with van der Waals surface area (Å²) in [5.41, 5.74) is 8.88. The van der Waals surface area contributed by atoms with Crippen molar-refractivity contribution in [1.29, 1.82) is 0 Å². The molecule has 10 heavy (non-hydrogen) atoms. The third-order valence-corrected chi connectivity index (χ3v) is 1.57. The smallest absolute Gasteiger partial charge is 0.0349 e. The first kappa shape index (κ1) is 7.13. The number of nitrogens with two attached hydrogens (primary N) is 1. The summed E-state index contributed by atoms with van der Waals surface area (Å²) in [5, 5.41) is 0. The van der Waals surface area contributed by atoms with Crippen LogP contribution in [0.5, 0.6) is 0 Å². The van der Waals surface area contributed by atoms with E-state index >= 15 is 0 Å².